The van der Waals surface area contributed by atoms with E-state index in [4.69, 9.17) is 0 Å². The summed E-state index contributed by atoms with van der Waals surface area (Å²) in [6.45, 7) is 2.75. The first kappa shape index (κ1) is 16.2. The quantitative estimate of drug-likeness (QED) is 0.709. The van der Waals surface area contributed by atoms with E-state index >= 15 is 0 Å². The molecule has 0 aromatic heterocycles. The lowest BCUT2D eigenvalue weighted by Gasteiger charge is -2.25. The second kappa shape index (κ2) is 8.38. The lowest BCUT2D eigenvalue weighted by Crippen LogP contribution is -2.47. The Hall–Kier alpha value is -0.810. The molecule has 0 aliphatic carbocycles. The van der Waals surface area contributed by atoms with E-state index in [1.165, 1.54) is 12.8 Å². The minimum atomic E-state index is 0. The van der Waals surface area contributed by atoms with Crippen molar-refractivity contribution in [3.05, 3.63) is 0 Å². The molecule has 2 aliphatic rings. The molecule has 1 unspecified atom stereocenters. The maximum absolute atomic E-state index is 11.8. The summed E-state index contributed by atoms with van der Waals surface area (Å²) in [6.07, 6.45) is 5.28. The first-order chi connectivity index (χ1) is 8.74. The summed E-state index contributed by atoms with van der Waals surface area (Å²) >= 11 is 0. The number of nitrogens with one attached hydrogen (secondary N) is 3. The van der Waals surface area contributed by atoms with E-state index in [9.17, 15) is 9.59 Å². The fourth-order valence-electron chi connectivity index (χ4n) is 2.66. The van der Waals surface area contributed by atoms with Gasteiger partial charge in [-0.2, -0.15) is 0 Å². The Bertz CT molecular complexity index is 296. The molecule has 0 aromatic rings. The fourth-order valence-corrected chi connectivity index (χ4v) is 2.66. The third kappa shape index (κ3) is 5.78. The van der Waals surface area contributed by atoms with Crippen LogP contribution in [0.1, 0.15) is 38.5 Å². The highest BCUT2D eigenvalue weighted by atomic mass is 35.5. The van der Waals surface area contributed by atoms with Gasteiger partial charge >= 0.3 is 0 Å². The molecular formula is C13H24ClN3O2. The number of rotatable bonds is 4. The Morgan fingerprint density at radius 2 is 2.00 bits per heavy atom. The Morgan fingerprint density at radius 1 is 1.26 bits per heavy atom. The summed E-state index contributed by atoms with van der Waals surface area (Å²) in [5, 5.41) is 9.12. The van der Waals surface area contributed by atoms with Crippen LogP contribution in [0.5, 0.6) is 0 Å². The van der Waals surface area contributed by atoms with E-state index in [0.29, 0.717) is 25.3 Å². The predicted octanol–water partition coefficient (Wildman–Crippen LogP) is 0.583. The van der Waals surface area contributed by atoms with E-state index < -0.39 is 0 Å². The van der Waals surface area contributed by atoms with Crippen molar-refractivity contribution < 1.29 is 9.59 Å². The van der Waals surface area contributed by atoms with Crippen LogP contribution in [0.15, 0.2) is 0 Å². The molecule has 0 spiro atoms. The molecule has 2 aliphatic heterocycles. The number of carbonyl (C=O) groups is 2. The average Bonchev–Trinajstić information content (AvgIpc) is 2.40. The van der Waals surface area contributed by atoms with Crippen LogP contribution in [-0.4, -0.2) is 37.5 Å². The Morgan fingerprint density at radius 3 is 2.63 bits per heavy atom. The standard InChI is InChI=1S/C13H23N3O2.ClH/c17-12-4-2-11(9-15-12)16-13(18)3-1-10-5-7-14-8-6-10;/h10-11,14H,1-9H2,(H,15,17)(H,16,18);1H. The van der Waals surface area contributed by atoms with Gasteiger partial charge in [0.1, 0.15) is 0 Å². The molecule has 2 amide bonds. The smallest absolute Gasteiger partial charge is 0.220 e. The van der Waals surface area contributed by atoms with Gasteiger partial charge in [-0.3, -0.25) is 9.59 Å². The highest BCUT2D eigenvalue weighted by Gasteiger charge is 2.20. The number of piperidine rings is 2. The van der Waals surface area contributed by atoms with Gasteiger partial charge in [0.2, 0.25) is 11.8 Å². The number of amides is 2. The topological polar surface area (TPSA) is 70.2 Å². The second-order valence-corrected chi connectivity index (χ2v) is 5.34. The number of hydrogen-bond acceptors (Lipinski definition) is 3. The van der Waals surface area contributed by atoms with E-state index in [-0.39, 0.29) is 30.3 Å². The summed E-state index contributed by atoms with van der Waals surface area (Å²) in [5.74, 6) is 0.924. The van der Waals surface area contributed by atoms with Crippen molar-refractivity contribution in [2.45, 2.75) is 44.6 Å². The molecule has 110 valence electrons. The van der Waals surface area contributed by atoms with Crippen molar-refractivity contribution in [1.82, 2.24) is 16.0 Å². The summed E-state index contributed by atoms with van der Waals surface area (Å²) in [5.41, 5.74) is 0. The minimum absolute atomic E-state index is 0. The molecular weight excluding hydrogens is 266 g/mol. The van der Waals surface area contributed by atoms with Crippen molar-refractivity contribution in [2.24, 2.45) is 5.92 Å². The van der Waals surface area contributed by atoms with Crippen molar-refractivity contribution in [2.75, 3.05) is 19.6 Å². The number of halogens is 1. The van der Waals surface area contributed by atoms with Crippen molar-refractivity contribution in [3.8, 4) is 0 Å². The highest BCUT2D eigenvalue weighted by Crippen LogP contribution is 2.17. The van der Waals surface area contributed by atoms with Gasteiger partial charge in [-0.15, -0.1) is 12.4 Å². The third-order valence-corrected chi connectivity index (χ3v) is 3.87. The zero-order valence-electron chi connectivity index (χ0n) is 11.2. The van der Waals surface area contributed by atoms with E-state index in [1.54, 1.807) is 0 Å². The second-order valence-electron chi connectivity index (χ2n) is 5.34. The minimum Gasteiger partial charge on any atom is -0.354 e. The van der Waals surface area contributed by atoms with Gasteiger partial charge in [-0.1, -0.05) is 0 Å². The van der Waals surface area contributed by atoms with Gasteiger partial charge < -0.3 is 16.0 Å². The summed E-state index contributed by atoms with van der Waals surface area (Å²) in [4.78, 5) is 22.8. The molecule has 0 bridgehead atoms. The Labute approximate surface area is 120 Å². The van der Waals surface area contributed by atoms with Crippen LogP contribution in [0.4, 0.5) is 0 Å². The van der Waals surface area contributed by atoms with Crippen molar-refractivity contribution in [1.29, 1.82) is 0 Å². The first-order valence-corrected chi connectivity index (χ1v) is 7.01. The molecule has 5 nitrogen and oxygen atoms in total. The highest BCUT2D eigenvalue weighted by molar-refractivity contribution is 5.85. The largest absolute Gasteiger partial charge is 0.354 e. The zero-order chi connectivity index (χ0) is 12.8. The molecule has 0 aromatic carbocycles. The van der Waals surface area contributed by atoms with Gasteiger partial charge in [0.25, 0.3) is 0 Å². The maximum atomic E-state index is 11.8. The lowest BCUT2D eigenvalue weighted by atomic mass is 9.93. The van der Waals surface area contributed by atoms with Crippen LogP contribution in [0.25, 0.3) is 0 Å². The van der Waals surface area contributed by atoms with E-state index in [0.717, 1.165) is 25.9 Å². The lowest BCUT2D eigenvalue weighted by molar-refractivity contribution is -0.125. The molecule has 2 heterocycles. The van der Waals surface area contributed by atoms with Crippen LogP contribution < -0.4 is 16.0 Å². The number of hydrogen-bond donors (Lipinski definition) is 3. The zero-order valence-corrected chi connectivity index (χ0v) is 12.1. The van der Waals surface area contributed by atoms with Gasteiger partial charge in [-0.25, -0.2) is 0 Å². The molecule has 0 saturated carbocycles. The molecule has 2 saturated heterocycles. The van der Waals surface area contributed by atoms with Crippen LogP contribution in [-0.2, 0) is 9.59 Å². The third-order valence-electron chi connectivity index (χ3n) is 3.87. The van der Waals surface area contributed by atoms with Crippen LogP contribution >= 0.6 is 12.4 Å². The molecule has 3 N–H and O–H groups in total. The Balaban J connectivity index is 0.00000180. The van der Waals surface area contributed by atoms with Gasteiger partial charge in [0.15, 0.2) is 0 Å². The van der Waals surface area contributed by atoms with E-state index in [2.05, 4.69) is 16.0 Å². The summed E-state index contributed by atoms with van der Waals surface area (Å²) in [6, 6.07) is 0.128. The van der Waals surface area contributed by atoms with Gasteiger partial charge in [0.05, 0.1) is 0 Å². The maximum Gasteiger partial charge on any atom is 0.220 e. The van der Waals surface area contributed by atoms with Gasteiger partial charge in [-0.05, 0) is 44.7 Å². The van der Waals surface area contributed by atoms with Crippen LogP contribution in [0.3, 0.4) is 0 Å². The average molecular weight is 290 g/mol. The fraction of sp³-hybridized carbons (Fsp3) is 0.846. The molecule has 2 fully saturated rings. The number of carbonyl (C=O) groups excluding carboxylic acids is 2. The van der Waals surface area contributed by atoms with Crippen molar-refractivity contribution in [3.63, 3.8) is 0 Å². The normalized spacial score (nSPS) is 24.2. The molecule has 0 radical (unpaired) electrons. The molecule has 2 rings (SSSR count). The molecule has 1 atom stereocenters. The monoisotopic (exact) mass is 289 g/mol. The van der Waals surface area contributed by atoms with E-state index in [1.807, 2.05) is 0 Å². The molecule has 19 heavy (non-hydrogen) atoms. The first-order valence-electron chi connectivity index (χ1n) is 7.01. The van der Waals surface area contributed by atoms with Gasteiger partial charge in [0, 0.05) is 25.4 Å². The Kier molecular flexibility index (Phi) is 7.16. The van der Waals surface area contributed by atoms with Crippen LogP contribution in [0.2, 0.25) is 0 Å². The van der Waals surface area contributed by atoms with Crippen LogP contribution in [0, 0.1) is 5.92 Å². The molecule has 6 heteroatoms. The SMILES string of the molecule is Cl.O=C1CCC(NC(=O)CCC2CCNCC2)CN1. The summed E-state index contributed by atoms with van der Waals surface area (Å²) in [7, 11) is 0. The predicted molar refractivity (Wildman–Crippen MR) is 76.3 cm³/mol. The summed E-state index contributed by atoms with van der Waals surface area (Å²) < 4.78 is 0. The van der Waals surface area contributed by atoms with Crippen molar-refractivity contribution >= 4 is 24.2 Å².